The van der Waals surface area contributed by atoms with Crippen molar-refractivity contribution in [2.75, 3.05) is 23.7 Å². The van der Waals surface area contributed by atoms with Crippen LogP contribution >= 0.6 is 22.7 Å². The smallest absolute Gasteiger partial charge is 0.230 e. The van der Waals surface area contributed by atoms with Crippen LogP contribution in [-0.4, -0.2) is 77.0 Å². The summed E-state index contributed by atoms with van der Waals surface area (Å²) in [5, 5.41) is 13.9. The lowest BCUT2D eigenvalue weighted by atomic mass is 9.90. The first-order valence-electron chi connectivity index (χ1n) is 16.9. The Hall–Kier alpha value is -3.74. The molecule has 0 unspecified atom stereocenters. The van der Waals surface area contributed by atoms with Crippen LogP contribution in [0, 0.1) is 30.7 Å². The molecule has 6 rings (SSSR count). The van der Waals surface area contributed by atoms with Crippen LogP contribution in [0.25, 0.3) is 0 Å². The van der Waals surface area contributed by atoms with Gasteiger partial charge in [-0.25, -0.2) is 0 Å². The van der Waals surface area contributed by atoms with Crippen molar-refractivity contribution in [2.24, 2.45) is 11.8 Å². The first-order chi connectivity index (χ1) is 24.0. The molecule has 4 atom stereocenters. The number of hydrogen-bond donors (Lipinski definition) is 2. The van der Waals surface area contributed by atoms with Crippen LogP contribution in [0.1, 0.15) is 86.1 Å². The Morgan fingerprint density at radius 3 is 1.88 bits per heavy atom. The number of hydrogen-bond acceptors (Lipinski definition) is 14. The number of nitrogens with zero attached hydrogens (tertiary/aromatic N) is 8. The fourth-order valence-electron chi connectivity index (χ4n) is 6.60. The third-order valence-corrected chi connectivity index (χ3v) is 11.2. The van der Waals surface area contributed by atoms with Crippen molar-refractivity contribution >= 4 is 44.8 Å². The monoisotopic (exact) mass is 732 g/mol. The Kier molecular flexibility index (Phi) is 11.6. The fourth-order valence-corrected chi connectivity index (χ4v) is 8.40. The van der Waals surface area contributed by atoms with E-state index < -0.39 is 11.9 Å². The summed E-state index contributed by atoms with van der Waals surface area (Å²) >= 11 is 2.29. The van der Waals surface area contributed by atoms with E-state index in [-0.39, 0.29) is 52.9 Å². The molecular weight excluding hydrogens is 691 g/mol. The molecule has 0 saturated carbocycles. The van der Waals surface area contributed by atoms with E-state index in [2.05, 4.69) is 64.5 Å². The fraction of sp³-hybridized carbons (Fsp3) is 0.625. The summed E-state index contributed by atoms with van der Waals surface area (Å²) in [5.41, 5.74) is 0. The first-order valence-corrected chi connectivity index (χ1v) is 18.6. The highest BCUT2D eigenvalue weighted by Crippen LogP contribution is 2.31. The molecule has 18 heteroatoms. The van der Waals surface area contributed by atoms with E-state index >= 15 is 0 Å². The van der Waals surface area contributed by atoms with Crippen molar-refractivity contribution in [2.45, 2.75) is 104 Å². The molecule has 14 nitrogen and oxygen atoms in total. The average Bonchev–Trinajstić information content (AvgIpc) is 3.84. The lowest BCUT2D eigenvalue weighted by Crippen LogP contribution is -2.41. The van der Waals surface area contributed by atoms with E-state index in [1.54, 1.807) is 6.92 Å². The lowest BCUT2D eigenvalue weighted by Gasteiger charge is -2.37. The van der Waals surface area contributed by atoms with Gasteiger partial charge in [-0.05, 0) is 51.4 Å². The number of nitrogens with one attached hydrogen (secondary N) is 2. The third kappa shape index (κ3) is 9.52. The summed E-state index contributed by atoms with van der Waals surface area (Å²) in [7, 11) is 0. The van der Waals surface area contributed by atoms with Gasteiger partial charge in [-0.2, -0.15) is 28.7 Å². The molecule has 0 spiro atoms. The number of anilines is 2. The Morgan fingerprint density at radius 2 is 1.34 bits per heavy atom. The second kappa shape index (κ2) is 16.1. The molecule has 50 heavy (non-hydrogen) atoms. The Balaban J connectivity index is 0.954. The van der Waals surface area contributed by atoms with E-state index in [4.69, 9.17) is 9.05 Å². The van der Waals surface area contributed by atoms with Crippen LogP contribution in [0.4, 0.5) is 19.0 Å². The SMILES string of the molecule is CC(=O)Nc1nc(F)c(CN2C[C@@H](Cc3noc(CCC(=O)Nc4nc(F)c(CN5C[C@H](Cc6noc(C)n6)CC[C@@H]5C)s4)n3)CC[C@@H]2C)s1. The van der Waals surface area contributed by atoms with Gasteiger partial charge in [-0.15, -0.1) is 0 Å². The number of piperidine rings is 2. The highest BCUT2D eigenvalue weighted by molar-refractivity contribution is 7.16. The number of thiazole rings is 2. The highest BCUT2D eigenvalue weighted by atomic mass is 32.1. The van der Waals surface area contributed by atoms with Crippen molar-refractivity contribution in [1.82, 2.24) is 40.0 Å². The van der Waals surface area contributed by atoms with Crippen LogP contribution in [0.5, 0.6) is 0 Å². The summed E-state index contributed by atoms with van der Waals surface area (Å²) in [4.78, 5) is 46.1. The van der Waals surface area contributed by atoms with Gasteiger partial charge in [0, 0.05) is 77.8 Å². The van der Waals surface area contributed by atoms with Gasteiger partial charge in [0.2, 0.25) is 35.5 Å². The Bertz CT molecular complexity index is 1780. The molecule has 0 aromatic carbocycles. The van der Waals surface area contributed by atoms with Crippen molar-refractivity contribution in [1.29, 1.82) is 0 Å². The summed E-state index contributed by atoms with van der Waals surface area (Å²) in [6, 6.07) is 0.550. The molecule has 4 aromatic rings. The zero-order valence-electron chi connectivity index (χ0n) is 28.6. The van der Waals surface area contributed by atoms with Gasteiger partial charge in [-0.1, -0.05) is 33.0 Å². The van der Waals surface area contributed by atoms with Gasteiger partial charge in [0.25, 0.3) is 0 Å². The number of rotatable bonds is 13. The number of carbonyl (C=O) groups excluding carboxylic acids is 2. The van der Waals surface area contributed by atoms with Gasteiger partial charge < -0.3 is 19.7 Å². The zero-order chi connectivity index (χ0) is 35.4. The molecule has 2 saturated heterocycles. The molecule has 4 aromatic heterocycles. The van der Waals surface area contributed by atoms with Gasteiger partial charge in [0.15, 0.2) is 21.9 Å². The molecule has 2 N–H and O–H groups in total. The molecule has 6 heterocycles. The summed E-state index contributed by atoms with van der Waals surface area (Å²) in [5.74, 6) is 1.00. The predicted octanol–water partition coefficient (Wildman–Crippen LogP) is 5.17. The average molecular weight is 733 g/mol. The number of aryl methyl sites for hydroxylation is 2. The van der Waals surface area contributed by atoms with Crippen molar-refractivity contribution in [3.8, 4) is 0 Å². The minimum atomic E-state index is -0.572. The Labute approximate surface area is 296 Å². The van der Waals surface area contributed by atoms with Gasteiger partial charge in [0.05, 0.1) is 9.75 Å². The topological polar surface area (TPSA) is 168 Å². The van der Waals surface area contributed by atoms with Crippen LogP contribution in [0.3, 0.4) is 0 Å². The molecule has 0 radical (unpaired) electrons. The minimum Gasteiger partial charge on any atom is -0.340 e. The largest absolute Gasteiger partial charge is 0.340 e. The maximum absolute atomic E-state index is 14.9. The van der Waals surface area contributed by atoms with Gasteiger partial charge >= 0.3 is 0 Å². The number of carbonyl (C=O) groups is 2. The van der Waals surface area contributed by atoms with Crippen molar-refractivity contribution in [3.63, 3.8) is 0 Å². The molecule has 2 aliphatic heterocycles. The van der Waals surface area contributed by atoms with E-state index in [0.717, 1.165) is 61.4 Å². The van der Waals surface area contributed by atoms with Crippen LogP contribution in [0.2, 0.25) is 0 Å². The third-order valence-electron chi connectivity index (χ3n) is 9.33. The Morgan fingerprint density at radius 1 is 0.800 bits per heavy atom. The number of aromatic nitrogens is 6. The molecular formula is C32H42F2N10O4S2. The molecule has 270 valence electrons. The van der Waals surface area contributed by atoms with Gasteiger partial charge in [0.1, 0.15) is 0 Å². The molecule has 2 aliphatic rings. The van der Waals surface area contributed by atoms with Crippen LogP contribution < -0.4 is 10.6 Å². The number of halogens is 2. The number of amides is 2. The van der Waals surface area contributed by atoms with Gasteiger partial charge in [-0.3, -0.25) is 19.4 Å². The van der Waals surface area contributed by atoms with E-state index in [9.17, 15) is 18.4 Å². The second-order valence-electron chi connectivity index (χ2n) is 13.4. The molecule has 0 aliphatic carbocycles. The van der Waals surface area contributed by atoms with Crippen LogP contribution in [-0.2, 0) is 41.9 Å². The van der Waals surface area contributed by atoms with Crippen molar-refractivity contribution in [3.05, 3.63) is 45.1 Å². The minimum absolute atomic E-state index is 0.0775. The van der Waals surface area contributed by atoms with Crippen molar-refractivity contribution < 1.29 is 27.4 Å². The van der Waals surface area contributed by atoms with Crippen LogP contribution in [0.15, 0.2) is 9.05 Å². The molecule has 0 bridgehead atoms. The summed E-state index contributed by atoms with van der Waals surface area (Å²) in [6.45, 7) is 9.72. The second-order valence-corrected chi connectivity index (χ2v) is 15.5. The molecule has 2 fully saturated rings. The quantitative estimate of drug-likeness (QED) is 0.185. The lowest BCUT2D eigenvalue weighted by molar-refractivity contribution is -0.116. The zero-order valence-corrected chi connectivity index (χ0v) is 30.2. The van der Waals surface area contributed by atoms with E-state index in [0.29, 0.717) is 65.0 Å². The van der Waals surface area contributed by atoms with E-state index in [1.165, 1.54) is 6.92 Å². The number of likely N-dealkylation sites (tertiary alicyclic amines) is 2. The normalized spacial score (nSPS) is 21.8. The summed E-state index contributed by atoms with van der Waals surface area (Å²) in [6.07, 6.45) is 5.55. The maximum atomic E-state index is 14.9. The standard InChI is InChI=1S/C32H42F2N10O4S2/c1-17-5-7-21(11-25-36-20(4)47-41-25)13-43(17)16-24-30(34)40-32(50-24)38-27(46)9-10-28-37-26(42-48-28)12-22-8-6-18(2)44(14-22)15-23-29(33)39-31(49-23)35-19(3)45/h17-18,21-22H,5-16H2,1-4H3,(H,35,39,45)(H,38,40,46)/t17-,18-,21-,22+/m0/s1. The first kappa shape index (κ1) is 36.1. The highest BCUT2D eigenvalue weighted by Gasteiger charge is 2.30. The van der Waals surface area contributed by atoms with E-state index in [1.807, 2.05) is 0 Å². The maximum Gasteiger partial charge on any atom is 0.230 e. The molecule has 2 amide bonds. The predicted molar refractivity (Wildman–Crippen MR) is 181 cm³/mol. The summed E-state index contributed by atoms with van der Waals surface area (Å²) < 4.78 is 39.9.